The van der Waals surface area contributed by atoms with E-state index in [1.54, 1.807) is 17.0 Å². The van der Waals surface area contributed by atoms with Crippen LogP contribution in [-0.2, 0) is 16.0 Å². The second-order valence-corrected chi connectivity index (χ2v) is 6.57. The number of benzene rings is 1. The summed E-state index contributed by atoms with van der Waals surface area (Å²) in [5, 5.41) is 3.07. The second kappa shape index (κ2) is 9.40. The maximum atomic E-state index is 12.9. The minimum atomic E-state index is -0.273. The van der Waals surface area contributed by atoms with Crippen molar-refractivity contribution >= 4 is 11.8 Å². The number of hydrogen-bond donors (Lipinski definition) is 1. The lowest BCUT2D eigenvalue weighted by molar-refractivity contribution is -0.134. The Morgan fingerprint density at radius 1 is 1.12 bits per heavy atom. The van der Waals surface area contributed by atoms with Gasteiger partial charge in [-0.3, -0.25) is 9.59 Å². The van der Waals surface area contributed by atoms with E-state index >= 15 is 0 Å². The number of amides is 2. The first-order valence-corrected chi connectivity index (χ1v) is 8.84. The topological polar surface area (TPSA) is 49.4 Å². The quantitative estimate of drug-likeness (QED) is 0.813. The van der Waals surface area contributed by atoms with Gasteiger partial charge in [0.1, 0.15) is 5.82 Å². The molecule has 1 aliphatic carbocycles. The van der Waals surface area contributed by atoms with Crippen LogP contribution in [0.2, 0.25) is 0 Å². The van der Waals surface area contributed by atoms with Gasteiger partial charge in [-0.25, -0.2) is 4.39 Å². The predicted octanol–water partition coefficient (Wildman–Crippen LogP) is 3.06. The Balaban J connectivity index is 1.82. The summed E-state index contributed by atoms with van der Waals surface area (Å²) >= 11 is 0. The maximum absolute atomic E-state index is 12.9. The Labute approximate surface area is 143 Å². The highest BCUT2D eigenvalue weighted by atomic mass is 19.1. The van der Waals surface area contributed by atoms with Gasteiger partial charge >= 0.3 is 0 Å². The third-order valence-corrected chi connectivity index (χ3v) is 4.58. The highest BCUT2D eigenvalue weighted by molar-refractivity contribution is 5.83. The van der Waals surface area contributed by atoms with Crippen LogP contribution in [0.25, 0.3) is 0 Å². The van der Waals surface area contributed by atoms with Crippen LogP contribution in [0.3, 0.4) is 0 Å². The van der Waals surface area contributed by atoms with Gasteiger partial charge in [0, 0.05) is 19.5 Å². The highest BCUT2D eigenvalue weighted by Crippen LogP contribution is 2.17. The second-order valence-electron chi connectivity index (χ2n) is 6.57. The molecule has 1 aromatic carbocycles. The molecule has 0 saturated heterocycles. The summed E-state index contributed by atoms with van der Waals surface area (Å²) in [6.07, 6.45) is 7.46. The van der Waals surface area contributed by atoms with Crippen molar-refractivity contribution < 1.29 is 14.0 Å². The van der Waals surface area contributed by atoms with Gasteiger partial charge in [0.15, 0.2) is 0 Å². The number of hydrogen-bond acceptors (Lipinski definition) is 2. The Bertz CT molecular complexity index is 537. The van der Waals surface area contributed by atoms with Gasteiger partial charge in [-0.2, -0.15) is 0 Å². The zero-order valence-corrected chi connectivity index (χ0v) is 14.4. The monoisotopic (exact) mass is 334 g/mol. The molecule has 0 unspecified atom stereocenters. The molecule has 0 heterocycles. The molecule has 0 aliphatic heterocycles. The minimum Gasteiger partial charge on any atom is -0.352 e. The molecule has 24 heavy (non-hydrogen) atoms. The van der Waals surface area contributed by atoms with Crippen LogP contribution < -0.4 is 5.32 Å². The predicted molar refractivity (Wildman–Crippen MR) is 92.0 cm³/mol. The van der Waals surface area contributed by atoms with Crippen LogP contribution >= 0.6 is 0 Å². The van der Waals surface area contributed by atoms with Crippen molar-refractivity contribution in [3.8, 4) is 0 Å². The van der Waals surface area contributed by atoms with Crippen molar-refractivity contribution in [3.05, 3.63) is 35.6 Å². The summed E-state index contributed by atoms with van der Waals surface area (Å²) < 4.78 is 12.9. The molecule has 2 amide bonds. The molecule has 0 spiro atoms. The fourth-order valence-electron chi connectivity index (χ4n) is 3.13. The highest BCUT2D eigenvalue weighted by Gasteiger charge is 2.18. The molecule has 1 fully saturated rings. The fourth-order valence-corrected chi connectivity index (χ4v) is 3.13. The molecule has 1 aromatic rings. The Kier molecular flexibility index (Phi) is 7.22. The van der Waals surface area contributed by atoms with Crippen molar-refractivity contribution in [1.29, 1.82) is 0 Å². The van der Waals surface area contributed by atoms with Crippen molar-refractivity contribution in [2.75, 3.05) is 13.1 Å². The van der Waals surface area contributed by atoms with E-state index in [1.165, 1.54) is 31.9 Å². The van der Waals surface area contributed by atoms with E-state index in [1.807, 2.05) is 0 Å². The Morgan fingerprint density at radius 2 is 1.75 bits per heavy atom. The zero-order chi connectivity index (χ0) is 17.4. The molecule has 1 N–H and O–H groups in total. The molecule has 5 heteroatoms. The fraction of sp³-hybridized carbons (Fsp3) is 0.579. The van der Waals surface area contributed by atoms with Gasteiger partial charge in [0.2, 0.25) is 11.8 Å². The molecule has 0 bridgehead atoms. The summed E-state index contributed by atoms with van der Waals surface area (Å²) in [5.74, 6) is -0.478. The lowest BCUT2D eigenvalue weighted by Gasteiger charge is -2.23. The van der Waals surface area contributed by atoms with E-state index in [0.29, 0.717) is 13.0 Å². The number of halogens is 1. The number of carbonyl (C=O) groups excluding carboxylic acids is 2. The van der Waals surface area contributed by atoms with E-state index in [0.717, 1.165) is 31.2 Å². The van der Waals surface area contributed by atoms with E-state index in [-0.39, 0.29) is 30.2 Å². The van der Waals surface area contributed by atoms with Gasteiger partial charge in [-0.1, -0.05) is 37.8 Å². The van der Waals surface area contributed by atoms with Crippen molar-refractivity contribution in [1.82, 2.24) is 10.2 Å². The normalized spacial score (nSPS) is 15.6. The summed E-state index contributed by atoms with van der Waals surface area (Å²) in [4.78, 5) is 25.6. The maximum Gasteiger partial charge on any atom is 0.239 e. The molecule has 0 atom stereocenters. The van der Waals surface area contributed by atoms with Gasteiger partial charge in [-0.15, -0.1) is 0 Å². The summed E-state index contributed by atoms with van der Waals surface area (Å²) in [6, 6.07) is 6.47. The third-order valence-electron chi connectivity index (χ3n) is 4.58. The van der Waals surface area contributed by atoms with E-state index < -0.39 is 0 Å². The Hall–Kier alpha value is -1.91. The first-order chi connectivity index (χ1) is 11.5. The average molecular weight is 334 g/mol. The van der Waals surface area contributed by atoms with Crippen LogP contribution in [0.1, 0.15) is 51.0 Å². The molecule has 0 radical (unpaired) electrons. The molecular weight excluding hydrogens is 307 g/mol. The first-order valence-electron chi connectivity index (χ1n) is 8.84. The molecule has 1 aliphatic rings. The standard InChI is InChI=1S/C19H27FN2O2/c1-15(23)22(13-12-16-8-10-17(20)11-9-16)14-19(24)21-18-6-4-2-3-5-7-18/h8-11,18H,2-7,12-14H2,1H3,(H,21,24). The summed E-state index contributed by atoms with van der Waals surface area (Å²) in [6.45, 7) is 2.02. The molecule has 2 rings (SSSR count). The van der Waals surface area contributed by atoms with Crippen LogP contribution in [0.15, 0.2) is 24.3 Å². The molecule has 132 valence electrons. The minimum absolute atomic E-state index is 0.0868. The first kappa shape index (κ1) is 18.4. The largest absolute Gasteiger partial charge is 0.352 e. The third kappa shape index (κ3) is 6.30. The van der Waals surface area contributed by atoms with Crippen LogP contribution in [0.5, 0.6) is 0 Å². The number of rotatable bonds is 6. The van der Waals surface area contributed by atoms with Crippen molar-refractivity contribution in [3.63, 3.8) is 0 Å². The Morgan fingerprint density at radius 3 is 2.33 bits per heavy atom. The average Bonchev–Trinajstić information content (AvgIpc) is 2.81. The van der Waals surface area contributed by atoms with E-state index in [9.17, 15) is 14.0 Å². The number of nitrogens with one attached hydrogen (secondary N) is 1. The SMILES string of the molecule is CC(=O)N(CCc1ccc(F)cc1)CC(=O)NC1CCCCCC1. The van der Waals surface area contributed by atoms with Crippen molar-refractivity contribution in [2.45, 2.75) is 57.9 Å². The molecular formula is C19H27FN2O2. The summed E-state index contributed by atoms with van der Waals surface area (Å²) in [5.41, 5.74) is 0.951. The molecule has 0 aromatic heterocycles. The summed E-state index contributed by atoms with van der Waals surface area (Å²) in [7, 11) is 0. The lowest BCUT2D eigenvalue weighted by atomic mass is 10.1. The number of nitrogens with zero attached hydrogens (tertiary/aromatic N) is 1. The zero-order valence-electron chi connectivity index (χ0n) is 14.4. The van der Waals surface area contributed by atoms with Crippen molar-refractivity contribution in [2.24, 2.45) is 0 Å². The van der Waals surface area contributed by atoms with Gasteiger partial charge in [0.25, 0.3) is 0 Å². The van der Waals surface area contributed by atoms with E-state index in [2.05, 4.69) is 5.32 Å². The van der Waals surface area contributed by atoms with Crippen LogP contribution in [0.4, 0.5) is 4.39 Å². The smallest absolute Gasteiger partial charge is 0.239 e. The van der Waals surface area contributed by atoms with Crippen LogP contribution in [0, 0.1) is 5.82 Å². The molecule has 4 nitrogen and oxygen atoms in total. The van der Waals surface area contributed by atoms with Gasteiger partial charge in [0.05, 0.1) is 6.54 Å². The number of carbonyl (C=O) groups is 2. The van der Waals surface area contributed by atoms with Gasteiger partial charge in [-0.05, 0) is 37.0 Å². The molecule has 1 saturated carbocycles. The van der Waals surface area contributed by atoms with Gasteiger partial charge < -0.3 is 10.2 Å². The van der Waals surface area contributed by atoms with Crippen LogP contribution in [-0.4, -0.2) is 35.8 Å². The van der Waals surface area contributed by atoms with E-state index in [4.69, 9.17) is 0 Å². The lowest BCUT2D eigenvalue weighted by Crippen LogP contribution is -2.44.